The molecule has 0 saturated carbocycles. The standard InChI is InChI=1S/C11H21N3O2/c15-11(14-9-4-5-12-7-9)13-8-10-3-1-2-6-16-10/h9-10,12H,1-8H2,(H2,13,14,15). The van der Waals surface area contributed by atoms with E-state index in [0.717, 1.165) is 39.0 Å². The van der Waals surface area contributed by atoms with E-state index in [2.05, 4.69) is 16.0 Å². The summed E-state index contributed by atoms with van der Waals surface area (Å²) in [5, 5.41) is 9.04. The lowest BCUT2D eigenvalue weighted by atomic mass is 10.1. The van der Waals surface area contributed by atoms with Gasteiger partial charge in [-0.2, -0.15) is 0 Å². The maximum absolute atomic E-state index is 11.5. The van der Waals surface area contributed by atoms with E-state index in [-0.39, 0.29) is 18.2 Å². The number of carbonyl (C=O) groups excluding carboxylic acids is 1. The average molecular weight is 227 g/mol. The predicted octanol–water partition coefficient (Wildman–Crippen LogP) is 0.217. The van der Waals surface area contributed by atoms with Crippen LogP contribution in [0.5, 0.6) is 0 Å². The third-order valence-electron chi connectivity index (χ3n) is 3.16. The molecule has 2 unspecified atom stereocenters. The van der Waals surface area contributed by atoms with Crippen LogP contribution >= 0.6 is 0 Å². The third kappa shape index (κ3) is 3.64. The minimum atomic E-state index is -0.0668. The van der Waals surface area contributed by atoms with Crippen molar-refractivity contribution in [2.75, 3.05) is 26.2 Å². The Hall–Kier alpha value is -0.810. The summed E-state index contributed by atoms with van der Waals surface area (Å²) in [6.45, 7) is 3.34. The number of amides is 2. The van der Waals surface area contributed by atoms with Crippen molar-refractivity contribution in [3.05, 3.63) is 0 Å². The molecule has 0 aromatic rings. The van der Waals surface area contributed by atoms with Gasteiger partial charge >= 0.3 is 6.03 Å². The zero-order valence-corrected chi connectivity index (χ0v) is 9.63. The Morgan fingerprint density at radius 2 is 2.31 bits per heavy atom. The Morgan fingerprint density at radius 3 is 3.00 bits per heavy atom. The molecular formula is C11H21N3O2. The van der Waals surface area contributed by atoms with Crippen molar-refractivity contribution in [1.82, 2.24) is 16.0 Å². The van der Waals surface area contributed by atoms with Crippen molar-refractivity contribution < 1.29 is 9.53 Å². The van der Waals surface area contributed by atoms with Gasteiger partial charge in [-0.15, -0.1) is 0 Å². The minimum Gasteiger partial charge on any atom is -0.376 e. The van der Waals surface area contributed by atoms with Crippen LogP contribution in [0.25, 0.3) is 0 Å². The van der Waals surface area contributed by atoms with Crippen LogP contribution in [-0.2, 0) is 4.74 Å². The fraction of sp³-hybridized carbons (Fsp3) is 0.909. The molecule has 2 atom stereocenters. The lowest BCUT2D eigenvalue weighted by molar-refractivity contribution is 0.0184. The SMILES string of the molecule is O=C(NCC1CCCCO1)NC1CCNC1. The molecule has 3 N–H and O–H groups in total. The van der Waals surface area contributed by atoms with E-state index in [1.165, 1.54) is 6.42 Å². The Kier molecular flexibility index (Phi) is 4.42. The van der Waals surface area contributed by atoms with Crippen molar-refractivity contribution in [2.24, 2.45) is 0 Å². The highest BCUT2D eigenvalue weighted by Gasteiger charge is 2.18. The van der Waals surface area contributed by atoms with E-state index in [9.17, 15) is 4.79 Å². The molecule has 0 radical (unpaired) electrons. The average Bonchev–Trinajstić information content (AvgIpc) is 2.81. The van der Waals surface area contributed by atoms with E-state index < -0.39 is 0 Å². The maximum atomic E-state index is 11.5. The number of ether oxygens (including phenoxy) is 1. The van der Waals surface area contributed by atoms with Gasteiger partial charge in [0.05, 0.1) is 6.10 Å². The van der Waals surface area contributed by atoms with E-state index in [4.69, 9.17) is 4.74 Å². The lowest BCUT2D eigenvalue weighted by Gasteiger charge is -2.23. The molecule has 0 aromatic carbocycles. The van der Waals surface area contributed by atoms with Crippen LogP contribution in [0.3, 0.4) is 0 Å². The van der Waals surface area contributed by atoms with Gasteiger partial charge in [0.25, 0.3) is 0 Å². The van der Waals surface area contributed by atoms with Crippen molar-refractivity contribution in [2.45, 2.75) is 37.8 Å². The van der Waals surface area contributed by atoms with Crippen molar-refractivity contribution in [1.29, 1.82) is 0 Å². The molecule has 2 rings (SSSR count). The fourth-order valence-corrected chi connectivity index (χ4v) is 2.19. The van der Waals surface area contributed by atoms with E-state index in [1.54, 1.807) is 0 Å². The molecule has 2 saturated heterocycles. The first kappa shape index (κ1) is 11.7. The number of urea groups is 1. The van der Waals surface area contributed by atoms with Gasteiger partial charge in [-0.1, -0.05) is 0 Å². The quantitative estimate of drug-likeness (QED) is 0.646. The zero-order chi connectivity index (χ0) is 11.2. The molecule has 0 aromatic heterocycles. The number of carbonyl (C=O) groups is 1. The van der Waals surface area contributed by atoms with Crippen LogP contribution in [0.4, 0.5) is 4.79 Å². The lowest BCUT2D eigenvalue weighted by Crippen LogP contribution is -2.46. The number of nitrogens with one attached hydrogen (secondary N) is 3. The minimum absolute atomic E-state index is 0.0668. The normalized spacial score (nSPS) is 30.0. The molecule has 2 fully saturated rings. The molecule has 0 aliphatic carbocycles. The van der Waals surface area contributed by atoms with Crippen molar-refractivity contribution in [3.63, 3.8) is 0 Å². The van der Waals surface area contributed by atoms with Crippen LogP contribution in [0.2, 0.25) is 0 Å². The molecule has 0 bridgehead atoms. The molecule has 5 nitrogen and oxygen atoms in total. The third-order valence-corrected chi connectivity index (χ3v) is 3.16. The van der Waals surface area contributed by atoms with Gasteiger partial charge in [-0.05, 0) is 32.2 Å². The van der Waals surface area contributed by atoms with Crippen molar-refractivity contribution >= 4 is 6.03 Å². The van der Waals surface area contributed by atoms with Crippen LogP contribution in [0.1, 0.15) is 25.7 Å². The van der Waals surface area contributed by atoms with Gasteiger partial charge in [0.15, 0.2) is 0 Å². The van der Waals surface area contributed by atoms with E-state index in [0.29, 0.717) is 6.54 Å². The van der Waals surface area contributed by atoms with Gasteiger partial charge in [-0.25, -0.2) is 4.79 Å². The van der Waals surface area contributed by atoms with Crippen LogP contribution in [0, 0.1) is 0 Å². The second-order valence-corrected chi connectivity index (χ2v) is 4.53. The number of hydrogen-bond acceptors (Lipinski definition) is 3. The first-order chi connectivity index (χ1) is 7.84. The molecule has 5 heteroatoms. The number of hydrogen-bond donors (Lipinski definition) is 3. The summed E-state index contributed by atoms with van der Waals surface area (Å²) >= 11 is 0. The summed E-state index contributed by atoms with van der Waals surface area (Å²) in [6, 6.07) is 0.218. The number of rotatable bonds is 3. The van der Waals surface area contributed by atoms with E-state index in [1.807, 2.05) is 0 Å². The Bertz CT molecular complexity index is 223. The topological polar surface area (TPSA) is 62.4 Å². The second-order valence-electron chi connectivity index (χ2n) is 4.53. The smallest absolute Gasteiger partial charge is 0.315 e. The summed E-state index contributed by atoms with van der Waals surface area (Å²) < 4.78 is 5.54. The summed E-state index contributed by atoms with van der Waals surface area (Å²) in [4.78, 5) is 11.5. The van der Waals surface area contributed by atoms with Crippen LogP contribution < -0.4 is 16.0 Å². The van der Waals surface area contributed by atoms with Crippen molar-refractivity contribution in [3.8, 4) is 0 Å². The Morgan fingerprint density at radius 1 is 1.38 bits per heavy atom. The molecule has 0 spiro atoms. The molecule has 2 heterocycles. The maximum Gasteiger partial charge on any atom is 0.315 e. The van der Waals surface area contributed by atoms with Gasteiger partial charge in [0.2, 0.25) is 0 Å². The summed E-state index contributed by atoms with van der Waals surface area (Å²) in [5.74, 6) is 0. The zero-order valence-electron chi connectivity index (χ0n) is 9.63. The largest absolute Gasteiger partial charge is 0.376 e. The van der Waals surface area contributed by atoms with Gasteiger partial charge in [-0.3, -0.25) is 0 Å². The first-order valence-electron chi connectivity index (χ1n) is 6.21. The highest BCUT2D eigenvalue weighted by Crippen LogP contribution is 2.11. The summed E-state index contributed by atoms with van der Waals surface area (Å²) in [6.07, 6.45) is 4.65. The molecule has 92 valence electrons. The Balaban J connectivity index is 1.59. The molecule has 2 amide bonds. The Labute approximate surface area is 96.3 Å². The monoisotopic (exact) mass is 227 g/mol. The molecule has 2 aliphatic heterocycles. The van der Waals surface area contributed by atoms with Crippen LogP contribution in [-0.4, -0.2) is 44.4 Å². The molecular weight excluding hydrogens is 206 g/mol. The van der Waals surface area contributed by atoms with E-state index >= 15 is 0 Å². The summed E-state index contributed by atoms with van der Waals surface area (Å²) in [7, 11) is 0. The van der Waals surface area contributed by atoms with Gasteiger partial charge in [0, 0.05) is 25.7 Å². The molecule has 2 aliphatic rings. The fourth-order valence-electron chi connectivity index (χ4n) is 2.19. The predicted molar refractivity (Wildman–Crippen MR) is 61.4 cm³/mol. The highest BCUT2D eigenvalue weighted by molar-refractivity contribution is 5.74. The van der Waals surface area contributed by atoms with Crippen LogP contribution in [0.15, 0.2) is 0 Å². The van der Waals surface area contributed by atoms with Gasteiger partial charge in [0.1, 0.15) is 0 Å². The van der Waals surface area contributed by atoms with Gasteiger partial charge < -0.3 is 20.7 Å². The summed E-state index contributed by atoms with van der Waals surface area (Å²) in [5.41, 5.74) is 0. The molecule has 16 heavy (non-hydrogen) atoms. The first-order valence-corrected chi connectivity index (χ1v) is 6.21. The second kappa shape index (κ2) is 6.06. The highest BCUT2D eigenvalue weighted by atomic mass is 16.5.